The molecule has 0 aliphatic rings. The zero-order valence-electron chi connectivity index (χ0n) is 11.7. The number of hydrogen-bond donors (Lipinski definition) is 1. The number of aromatic nitrogens is 2. The Bertz CT molecular complexity index is 568. The van der Waals surface area contributed by atoms with Gasteiger partial charge >= 0.3 is 0 Å². The van der Waals surface area contributed by atoms with E-state index in [0.717, 1.165) is 24.2 Å². The average molecular weight is 296 g/mol. The predicted molar refractivity (Wildman–Crippen MR) is 79.4 cm³/mol. The summed E-state index contributed by atoms with van der Waals surface area (Å²) in [6.07, 6.45) is 5.39. The lowest BCUT2D eigenvalue weighted by molar-refractivity contribution is 0.503. The van der Waals surface area contributed by atoms with Gasteiger partial charge in [-0.05, 0) is 37.1 Å². The van der Waals surface area contributed by atoms with Crippen molar-refractivity contribution < 1.29 is 4.39 Å². The highest BCUT2D eigenvalue weighted by atomic mass is 35.5. The molecule has 0 radical (unpaired) electrons. The first-order valence-electron chi connectivity index (χ1n) is 6.75. The van der Waals surface area contributed by atoms with Crippen LogP contribution in [0.4, 0.5) is 4.39 Å². The summed E-state index contributed by atoms with van der Waals surface area (Å²) in [7, 11) is 1.97. The Hall–Kier alpha value is -1.39. The van der Waals surface area contributed by atoms with Crippen LogP contribution in [0.2, 0.25) is 5.02 Å². The third kappa shape index (κ3) is 3.58. The lowest BCUT2D eigenvalue weighted by atomic mass is 10.0. The molecule has 0 spiro atoms. The summed E-state index contributed by atoms with van der Waals surface area (Å²) in [6.45, 7) is 3.03. The van der Waals surface area contributed by atoms with Crippen molar-refractivity contribution in [3.8, 4) is 0 Å². The number of hydrogen-bond acceptors (Lipinski definition) is 2. The minimum Gasteiger partial charge on any atom is -0.336 e. The molecule has 5 heteroatoms. The first-order valence-corrected chi connectivity index (χ1v) is 7.13. The summed E-state index contributed by atoms with van der Waals surface area (Å²) < 4.78 is 15.1. The Labute approximate surface area is 123 Å². The van der Waals surface area contributed by atoms with Crippen LogP contribution in [-0.2, 0) is 13.5 Å². The fourth-order valence-corrected chi connectivity index (χ4v) is 2.45. The molecule has 2 rings (SSSR count). The molecule has 0 saturated heterocycles. The van der Waals surface area contributed by atoms with Crippen molar-refractivity contribution in [1.29, 1.82) is 0 Å². The Morgan fingerprint density at radius 2 is 2.25 bits per heavy atom. The van der Waals surface area contributed by atoms with Crippen molar-refractivity contribution in [2.45, 2.75) is 25.8 Å². The van der Waals surface area contributed by atoms with Gasteiger partial charge in [0.1, 0.15) is 5.82 Å². The maximum absolute atomic E-state index is 13.1. The minimum absolute atomic E-state index is 0.116. The van der Waals surface area contributed by atoms with Gasteiger partial charge in [0, 0.05) is 18.3 Å². The van der Waals surface area contributed by atoms with E-state index in [1.165, 1.54) is 12.1 Å². The molecular formula is C15H19ClFN3. The standard InChI is InChI=1S/C15H19ClFN3/c1-3-6-19-14(15-9-18-10-20(15)2)7-11-4-5-12(17)8-13(11)16/h4-5,8-10,14,19H,3,6-7H2,1-2H3. The van der Waals surface area contributed by atoms with Crippen molar-refractivity contribution >= 4 is 11.6 Å². The van der Waals surface area contributed by atoms with Crippen LogP contribution in [0, 0.1) is 5.82 Å². The summed E-state index contributed by atoms with van der Waals surface area (Å²) in [5, 5.41) is 3.96. The highest BCUT2D eigenvalue weighted by molar-refractivity contribution is 6.31. The molecule has 3 nitrogen and oxygen atoms in total. The smallest absolute Gasteiger partial charge is 0.124 e. The van der Waals surface area contributed by atoms with E-state index in [0.29, 0.717) is 11.4 Å². The fourth-order valence-electron chi connectivity index (χ4n) is 2.21. The van der Waals surface area contributed by atoms with Crippen molar-refractivity contribution in [2.24, 2.45) is 7.05 Å². The summed E-state index contributed by atoms with van der Waals surface area (Å²) in [5.74, 6) is -0.308. The van der Waals surface area contributed by atoms with Crippen LogP contribution < -0.4 is 5.32 Å². The monoisotopic (exact) mass is 295 g/mol. The van der Waals surface area contributed by atoms with Crippen molar-refractivity contribution in [1.82, 2.24) is 14.9 Å². The van der Waals surface area contributed by atoms with Gasteiger partial charge < -0.3 is 9.88 Å². The number of rotatable bonds is 6. The van der Waals surface area contributed by atoms with Gasteiger partial charge in [0.25, 0.3) is 0 Å². The molecule has 0 bridgehead atoms. The van der Waals surface area contributed by atoms with Crippen LogP contribution in [0.15, 0.2) is 30.7 Å². The molecule has 0 amide bonds. The maximum atomic E-state index is 13.1. The van der Waals surface area contributed by atoms with Crippen molar-refractivity contribution in [3.63, 3.8) is 0 Å². The van der Waals surface area contributed by atoms with E-state index in [-0.39, 0.29) is 11.9 Å². The lowest BCUT2D eigenvalue weighted by Gasteiger charge is -2.19. The SMILES string of the molecule is CCCNC(Cc1ccc(F)cc1Cl)c1cncn1C. The third-order valence-electron chi connectivity index (χ3n) is 3.29. The molecule has 1 unspecified atom stereocenters. The molecule has 2 aromatic rings. The van der Waals surface area contributed by atoms with Crippen molar-refractivity contribution in [3.05, 3.63) is 52.8 Å². The number of benzene rings is 1. The molecule has 1 heterocycles. The number of halogens is 2. The molecule has 0 aliphatic heterocycles. The molecule has 0 saturated carbocycles. The zero-order chi connectivity index (χ0) is 14.5. The molecular weight excluding hydrogens is 277 g/mol. The molecule has 1 aromatic carbocycles. The predicted octanol–water partition coefficient (Wildman–Crippen LogP) is 3.50. The van der Waals surface area contributed by atoms with Crippen LogP contribution in [-0.4, -0.2) is 16.1 Å². The normalized spacial score (nSPS) is 12.6. The van der Waals surface area contributed by atoms with E-state index >= 15 is 0 Å². The van der Waals surface area contributed by atoms with E-state index in [4.69, 9.17) is 11.6 Å². The maximum Gasteiger partial charge on any atom is 0.124 e. The van der Waals surface area contributed by atoms with E-state index in [1.54, 1.807) is 12.4 Å². The Morgan fingerprint density at radius 3 is 2.85 bits per heavy atom. The van der Waals surface area contributed by atoms with Crippen molar-refractivity contribution in [2.75, 3.05) is 6.54 Å². The third-order valence-corrected chi connectivity index (χ3v) is 3.64. The van der Waals surface area contributed by atoms with E-state index in [9.17, 15) is 4.39 Å². The molecule has 20 heavy (non-hydrogen) atoms. The van der Waals surface area contributed by atoms with E-state index in [1.807, 2.05) is 17.8 Å². The van der Waals surface area contributed by atoms with Gasteiger partial charge in [-0.15, -0.1) is 0 Å². The first-order chi connectivity index (χ1) is 9.61. The molecule has 1 atom stereocenters. The Balaban J connectivity index is 2.21. The number of aryl methyl sites for hydroxylation is 1. The topological polar surface area (TPSA) is 29.9 Å². The molecule has 0 aliphatic carbocycles. The van der Waals surface area contributed by atoms with E-state index in [2.05, 4.69) is 17.2 Å². The Kier molecular flexibility index (Phi) is 5.15. The summed E-state index contributed by atoms with van der Waals surface area (Å²) in [5.41, 5.74) is 2.03. The number of nitrogens with zero attached hydrogens (tertiary/aromatic N) is 2. The van der Waals surface area contributed by atoms with Gasteiger partial charge in [0.2, 0.25) is 0 Å². The van der Waals surface area contributed by atoms with Gasteiger partial charge in [-0.1, -0.05) is 24.6 Å². The summed E-state index contributed by atoms with van der Waals surface area (Å²) in [6, 6.07) is 4.66. The minimum atomic E-state index is -0.308. The van der Waals surface area contributed by atoms with Crippen LogP contribution in [0.3, 0.4) is 0 Å². The number of imidazole rings is 1. The second kappa shape index (κ2) is 6.86. The summed E-state index contributed by atoms with van der Waals surface area (Å²) in [4.78, 5) is 4.16. The van der Waals surface area contributed by atoms with Gasteiger partial charge in [0.05, 0.1) is 18.1 Å². The van der Waals surface area contributed by atoms with Gasteiger partial charge in [-0.25, -0.2) is 9.37 Å². The molecule has 108 valence electrons. The summed E-state index contributed by atoms with van der Waals surface area (Å²) >= 11 is 6.12. The molecule has 1 N–H and O–H groups in total. The van der Waals surface area contributed by atoms with E-state index < -0.39 is 0 Å². The van der Waals surface area contributed by atoms with Crippen LogP contribution in [0.1, 0.15) is 30.6 Å². The first kappa shape index (κ1) is 15.0. The van der Waals surface area contributed by atoms with Gasteiger partial charge in [0.15, 0.2) is 0 Å². The van der Waals surface area contributed by atoms with Gasteiger partial charge in [-0.2, -0.15) is 0 Å². The second-order valence-corrected chi connectivity index (χ2v) is 5.28. The molecule has 0 fully saturated rings. The van der Waals surface area contributed by atoms with Crippen LogP contribution >= 0.6 is 11.6 Å². The Morgan fingerprint density at radius 1 is 1.45 bits per heavy atom. The largest absolute Gasteiger partial charge is 0.336 e. The highest BCUT2D eigenvalue weighted by Gasteiger charge is 2.16. The highest BCUT2D eigenvalue weighted by Crippen LogP contribution is 2.24. The number of nitrogens with one attached hydrogen (secondary N) is 1. The fraction of sp³-hybridized carbons (Fsp3) is 0.400. The average Bonchev–Trinajstić information content (AvgIpc) is 2.83. The molecule has 1 aromatic heterocycles. The van der Waals surface area contributed by atoms with Gasteiger partial charge in [-0.3, -0.25) is 0 Å². The van der Waals surface area contributed by atoms with Crippen LogP contribution in [0.5, 0.6) is 0 Å². The zero-order valence-corrected chi connectivity index (χ0v) is 12.5. The van der Waals surface area contributed by atoms with Crippen LogP contribution in [0.25, 0.3) is 0 Å². The lowest BCUT2D eigenvalue weighted by Crippen LogP contribution is -2.26. The quantitative estimate of drug-likeness (QED) is 0.884. The second-order valence-electron chi connectivity index (χ2n) is 4.88.